The zero-order valence-corrected chi connectivity index (χ0v) is 20.6. The van der Waals surface area contributed by atoms with Crippen molar-refractivity contribution >= 4 is 47.4 Å². The van der Waals surface area contributed by atoms with Gasteiger partial charge in [-0.15, -0.1) is 0 Å². The summed E-state index contributed by atoms with van der Waals surface area (Å²) in [4.78, 5) is 86.4. The SMILES string of the molecule is NC(=O)CCC(NC(=O)C(CCCN=C(N)N)NC(=O)C(CCC(=O)O)NC(=O)C(N)CC(N)=O)C(=O)O. The molecule has 0 saturated heterocycles. The first kappa shape index (κ1) is 33.5. The lowest BCUT2D eigenvalue weighted by Gasteiger charge is -2.25. The molecule has 0 aliphatic rings. The maximum Gasteiger partial charge on any atom is 0.326 e. The molecule has 0 aromatic carbocycles. The van der Waals surface area contributed by atoms with Gasteiger partial charge in [0.2, 0.25) is 29.5 Å². The Morgan fingerprint density at radius 3 is 1.66 bits per heavy atom. The molecule has 0 heterocycles. The van der Waals surface area contributed by atoms with Gasteiger partial charge in [0.1, 0.15) is 18.1 Å². The third kappa shape index (κ3) is 14.8. The van der Waals surface area contributed by atoms with E-state index in [2.05, 4.69) is 20.9 Å². The quantitative estimate of drug-likeness (QED) is 0.0414. The Hall–Kier alpha value is -4.48. The molecule has 0 saturated carbocycles. The van der Waals surface area contributed by atoms with E-state index in [4.69, 9.17) is 33.8 Å². The fraction of sp³-hybridized carbons (Fsp3) is 0.600. The van der Waals surface area contributed by atoms with Gasteiger partial charge in [-0.2, -0.15) is 0 Å². The number of aliphatic carboxylic acids is 2. The van der Waals surface area contributed by atoms with Gasteiger partial charge >= 0.3 is 11.9 Å². The van der Waals surface area contributed by atoms with Crippen LogP contribution >= 0.6 is 0 Å². The Labute approximate surface area is 217 Å². The third-order valence-corrected chi connectivity index (χ3v) is 4.91. The number of carbonyl (C=O) groups is 7. The average molecular weight is 546 g/mol. The summed E-state index contributed by atoms with van der Waals surface area (Å²) < 4.78 is 0. The summed E-state index contributed by atoms with van der Waals surface area (Å²) in [5.74, 6) is -7.56. The smallest absolute Gasteiger partial charge is 0.326 e. The van der Waals surface area contributed by atoms with Gasteiger partial charge in [-0.05, 0) is 25.7 Å². The van der Waals surface area contributed by atoms with Crippen LogP contribution in [0.3, 0.4) is 0 Å². The lowest BCUT2D eigenvalue weighted by atomic mass is 10.1. The highest BCUT2D eigenvalue weighted by Crippen LogP contribution is 2.06. The molecule has 18 nitrogen and oxygen atoms in total. The van der Waals surface area contributed by atoms with Gasteiger partial charge in [-0.25, -0.2) is 4.79 Å². The first-order valence-electron chi connectivity index (χ1n) is 11.4. The predicted octanol–water partition coefficient (Wildman–Crippen LogP) is -5.09. The third-order valence-electron chi connectivity index (χ3n) is 4.91. The van der Waals surface area contributed by atoms with Crippen LogP contribution in [0.5, 0.6) is 0 Å². The van der Waals surface area contributed by atoms with E-state index in [9.17, 15) is 38.7 Å². The van der Waals surface area contributed by atoms with Crippen LogP contribution < -0.4 is 44.6 Å². The summed E-state index contributed by atoms with van der Waals surface area (Å²) in [5.41, 5.74) is 26.1. The van der Waals surface area contributed by atoms with Crippen LogP contribution in [0.2, 0.25) is 0 Å². The summed E-state index contributed by atoms with van der Waals surface area (Å²) >= 11 is 0. The Kier molecular flexibility index (Phi) is 15.0. The summed E-state index contributed by atoms with van der Waals surface area (Å²) in [5, 5.41) is 25.1. The average Bonchev–Trinajstić information content (AvgIpc) is 2.79. The van der Waals surface area contributed by atoms with Gasteiger partial charge in [0.05, 0.1) is 12.5 Å². The van der Waals surface area contributed by atoms with Gasteiger partial charge in [0.25, 0.3) is 0 Å². The van der Waals surface area contributed by atoms with Crippen LogP contribution in [0.1, 0.15) is 44.9 Å². The van der Waals surface area contributed by atoms with Crippen LogP contribution in [0.25, 0.3) is 0 Å². The normalized spacial score (nSPS) is 13.6. The molecule has 5 amide bonds. The molecule has 0 bridgehead atoms. The zero-order chi connectivity index (χ0) is 29.4. The molecule has 15 N–H and O–H groups in total. The second kappa shape index (κ2) is 17.1. The lowest BCUT2D eigenvalue weighted by molar-refractivity contribution is -0.142. The van der Waals surface area contributed by atoms with Crippen LogP contribution in [-0.2, 0) is 33.6 Å². The number of nitrogens with one attached hydrogen (secondary N) is 3. The standard InChI is InChI=1S/C20H35N9O9/c21-9(8-14(23)31)16(34)27-11(4-6-15(32)33)18(36)28-10(2-1-7-26-20(24)25)17(35)29-12(19(37)38)3-5-13(22)30/h9-12H,1-8,21H2,(H2,22,30)(H2,23,31)(H,27,34)(H,28,36)(H,29,35)(H,32,33)(H,37,38)(H4,24,25,26). The van der Waals surface area contributed by atoms with Crippen molar-refractivity contribution in [1.29, 1.82) is 0 Å². The number of aliphatic imine (C=N–C) groups is 1. The number of primary amides is 2. The Morgan fingerprint density at radius 1 is 0.684 bits per heavy atom. The van der Waals surface area contributed by atoms with Crippen molar-refractivity contribution < 1.29 is 43.8 Å². The molecule has 18 heteroatoms. The number of rotatable bonds is 19. The zero-order valence-electron chi connectivity index (χ0n) is 20.6. The van der Waals surface area contributed by atoms with E-state index >= 15 is 0 Å². The molecule has 0 radical (unpaired) electrons. The fourth-order valence-electron chi connectivity index (χ4n) is 2.99. The second-order valence-electron chi connectivity index (χ2n) is 8.18. The summed E-state index contributed by atoms with van der Waals surface area (Å²) in [6.45, 7) is 0.0488. The molecule has 0 aromatic rings. The molecule has 0 rings (SSSR count). The predicted molar refractivity (Wildman–Crippen MR) is 130 cm³/mol. The van der Waals surface area contributed by atoms with Gasteiger partial charge in [-0.3, -0.25) is 33.8 Å². The number of nitrogens with zero attached hydrogens (tertiary/aromatic N) is 1. The van der Waals surface area contributed by atoms with E-state index in [0.29, 0.717) is 0 Å². The molecular formula is C20H35N9O9. The van der Waals surface area contributed by atoms with Crippen molar-refractivity contribution in [2.75, 3.05) is 6.54 Å². The highest BCUT2D eigenvalue weighted by molar-refractivity contribution is 5.95. The minimum absolute atomic E-state index is 0.0488. The van der Waals surface area contributed by atoms with Crippen LogP contribution in [0.4, 0.5) is 0 Å². The van der Waals surface area contributed by atoms with Gasteiger partial charge in [0, 0.05) is 19.4 Å². The van der Waals surface area contributed by atoms with Crippen LogP contribution in [0.15, 0.2) is 4.99 Å². The summed E-state index contributed by atoms with van der Waals surface area (Å²) in [7, 11) is 0. The molecule has 0 fully saturated rings. The molecular weight excluding hydrogens is 510 g/mol. The number of hydrogen-bond acceptors (Lipinski definition) is 9. The van der Waals surface area contributed by atoms with Crippen molar-refractivity contribution in [3.05, 3.63) is 0 Å². The molecule has 0 spiro atoms. The van der Waals surface area contributed by atoms with Crippen molar-refractivity contribution in [3.8, 4) is 0 Å². The van der Waals surface area contributed by atoms with E-state index in [1.165, 1.54) is 0 Å². The molecule has 0 aliphatic heterocycles. The maximum absolute atomic E-state index is 13.0. The van der Waals surface area contributed by atoms with Gasteiger partial charge < -0.3 is 54.8 Å². The van der Waals surface area contributed by atoms with E-state index in [1.54, 1.807) is 0 Å². The number of amides is 5. The maximum atomic E-state index is 13.0. The lowest BCUT2D eigenvalue weighted by Crippen LogP contribution is -2.57. The monoisotopic (exact) mass is 545 g/mol. The van der Waals surface area contributed by atoms with Crippen molar-refractivity contribution in [2.24, 2.45) is 33.7 Å². The Balaban J connectivity index is 5.74. The van der Waals surface area contributed by atoms with E-state index in [0.717, 1.165) is 0 Å². The molecule has 0 aliphatic carbocycles. The van der Waals surface area contributed by atoms with Crippen molar-refractivity contribution in [1.82, 2.24) is 16.0 Å². The summed E-state index contributed by atoms with van der Waals surface area (Å²) in [6, 6.07) is -5.80. The van der Waals surface area contributed by atoms with Crippen molar-refractivity contribution in [2.45, 2.75) is 69.1 Å². The summed E-state index contributed by atoms with van der Waals surface area (Å²) in [6.07, 6.45) is -2.12. The highest BCUT2D eigenvalue weighted by Gasteiger charge is 2.30. The number of nitrogens with two attached hydrogens (primary N) is 5. The number of carboxylic acid groups (broad SMARTS) is 2. The number of guanidine groups is 1. The van der Waals surface area contributed by atoms with E-state index in [-0.39, 0.29) is 38.2 Å². The molecule has 38 heavy (non-hydrogen) atoms. The van der Waals surface area contributed by atoms with Crippen LogP contribution in [0, 0.1) is 0 Å². The van der Waals surface area contributed by atoms with Crippen molar-refractivity contribution in [3.63, 3.8) is 0 Å². The Morgan fingerprint density at radius 2 is 1.18 bits per heavy atom. The minimum atomic E-state index is -1.51. The number of hydrogen-bond donors (Lipinski definition) is 10. The van der Waals surface area contributed by atoms with E-state index < -0.39 is 84.9 Å². The topological polar surface area (TPSA) is 338 Å². The first-order valence-corrected chi connectivity index (χ1v) is 11.4. The molecule has 4 unspecified atom stereocenters. The fourth-order valence-corrected chi connectivity index (χ4v) is 2.99. The molecule has 4 atom stereocenters. The van der Waals surface area contributed by atoms with Gasteiger partial charge in [-0.1, -0.05) is 0 Å². The van der Waals surface area contributed by atoms with Gasteiger partial charge in [0.15, 0.2) is 5.96 Å². The largest absolute Gasteiger partial charge is 0.481 e. The number of carboxylic acids is 2. The second-order valence-corrected chi connectivity index (χ2v) is 8.18. The number of carbonyl (C=O) groups excluding carboxylic acids is 5. The first-order chi connectivity index (χ1) is 17.6. The Bertz CT molecular complexity index is 922. The highest BCUT2D eigenvalue weighted by atomic mass is 16.4. The molecule has 0 aromatic heterocycles. The van der Waals surface area contributed by atoms with E-state index in [1.807, 2.05) is 0 Å². The molecule has 214 valence electrons. The minimum Gasteiger partial charge on any atom is -0.481 e. The van der Waals surface area contributed by atoms with Crippen LogP contribution in [-0.4, -0.2) is 88.4 Å².